The van der Waals surface area contributed by atoms with Gasteiger partial charge in [0.1, 0.15) is 0 Å². The van der Waals surface area contributed by atoms with Crippen LogP contribution < -0.4 is 19.9 Å². The van der Waals surface area contributed by atoms with Gasteiger partial charge in [-0.3, -0.25) is 4.79 Å². The van der Waals surface area contributed by atoms with E-state index in [9.17, 15) is 4.79 Å². The molecular formula is C20H20N2O4. The zero-order chi connectivity index (χ0) is 18.7. The SMILES string of the molecule is COc1cc(C(=O)c2ccn(-c3ccccc3N)c2)cc(OC)c1OC. The molecule has 1 aromatic heterocycles. The molecule has 0 aliphatic heterocycles. The van der Waals surface area contributed by atoms with Crippen LogP contribution in [0.2, 0.25) is 0 Å². The number of ether oxygens (including phenoxy) is 3. The summed E-state index contributed by atoms with van der Waals surface area (Å²) in [7, 11) is 4.55. The van der Waals surface area contributed by atoms with E-state index in [1.165, 1.54) is 21.3 Å². The first-order valence-electron chi connectivity index (χ1n) is 7.96. The molecule has 0 saturated carbocycles. The van der Waals surface area contributed by atoms with Gasteiger partial charge in [0.15, 0.2) is 17.3 Å². The van der Waals surface area contributed by atoms with Crippen molar-refractivity contribution in [3.8, 4) is 22.9 Å². The highest BCUT2D eigenvalue weighted by Gasteiger charge is 2.19. The molecule has 2 aromatic carbocycles. The van der Waals surface area contributed by atoms with Crippen molar-refractivity contribution in [2.75, 3.05) is 27.1 Å². The standard InChI is InChI=1S/C20H20N2O4/c1-24-17-10-14(11-18(25-2)20(17)26-3)19(23)13-8-9-22(12-13)16-7-5-4-6-15(16)21/h4-12H,21H2,1-3H3. The van der Waals surface area contributed by atoms with Crippen molar-refractivity contribution < 1.29 is 19.0 Å². The number of carbonyl (C=O) groups is 1. The van der Waals surface area contributed by atoms with E-state index in [2.05, 4.69) is 0 Å². The fourth-order valence-electron chi connectivity index (χ4n) is 2.78. The van der Waals surface area contributed by atoms with Crippen LogP contribution in [0.4, 0.5) is 5.69 Å². The third kappa shape index (κ3) is 3.09. The lowest BCUT2D eigenvalue weighted by molar-refractivity contribution is 0.103. The summed E-state index contributed by atoms with van der Waals surface area (Å²) in [5, 5.41) is 0. The summed E-state index contributed by atoms with van der Waals surface area (Å²) in [4.78, 5) is 12.9. The summed E-state index contributed by atoms with van der Waals surface area (Å²) in [6, 6.07) is 12.5. The smallest absolute Gasteiger partial charge is 0.203 e. The van der Waals surface area contributed by atoms with Gasteiger partial charge in [0, 0.05) is 23.5 Å². The number of benzene rings is 2. The topological polar surface area (TPSA) is 75.7 Å². The maximum absolute atomic E-state index is 12.9. The molecular weight excluding hydrogens is 332 g/mol. The first kappa shape index (κ1) is 17.4. The highest BCUT2D eigenvalue weighted by atomic mass is 16.5. The Kier molecular flexibility index (Phi) is 4.84. The van der Waals surface area contributed by atoms with E-state index >= 15 is 0 Å². The quantitative estimate of drug-likeness (QED) is 0.544. The van der Waals surface area contributed by atoms with Crippen LogP contribution in [0, 0.1) is 0 Å². The number of aromatic nitrogens is 1. The van der Waals surface area contributed by atoms with Crippen LogP contribution in [0.3, 0.4) is 0 Å². The number of carbonyl (C=O) groups excluding carboxylic acids is 1. The molecule has 0 aliphatic carbocycles. The predicted octanol–water partition coefficient (Wildman–Crippen LogP) is 3.32. The Labute approximate surface area is 151 Å². The fourth-order valence-corrected chi connectivity index (χ4v) is 2.78. The van der Waals surface area contributed by atoms with Crippen molar-refractivity contribution in [3.05, 3.63) is 66.0 Å². The van der Waals surface area contributed by atoms with E-state index in [0.29, 0.717) is 34.1 Å². The van der Waals surface area contributed by atoms with Crippen LogP contribution in [0.15, 0.2) is 54.9 Å². The molecule has 0 amide bonds. The number of rotatable bonds is 6. The van der Waals surface area contributed by atoms with Crippen LogP contribution in [0.5, 0.6) is 17.2 Å². The third-order valence-electron chi connectivity index (χ3n) is 4.10. The molecule has 0 fully saturated rings. The summed E-state index contributed by atoms with van der Waals surface area (Å²) in [6.07, 6.45) is 3.55. The largest absolute Gasteiger partial charge is 0.493 e. The Bertz CT molecular complexity index is 921. The van der Waals surface area contributed by atoms with Gasteiger partial charge in [-0.15, -0.1) is 0 Å². The van der Waals surface area contributed by atoms with Crippen LogP contribution >= 0.6 is 0 Å². The van der Waals surface area contributed by atoms with Gasteiger partial charge in [-0.05, 0) is 30.3 Å². The minimum atomic E-state index is -0.155. The minimum Gasteiger partial charge on any atom is -0.493 e. The monoisotopic (exact) mass is 352 g/mol. The summed E-state index contributed by atoms with van der Waals surface area (Å²) in [5.74, 6) is 1.16. The molecule has 2 N–H and O–H groups in total. The van der Waals surface area contributed by atoms with Gasteiger partial charge in [-0.1, -0.05) is 12.1 Å². The number of ketones is 1. The highest BCUT2D eigenvalue weighted by Crippen LogP contribution is 2.38. The van der Waals surface area contributed by atoms with Gasteiger partial charge < -0.3 is 24.5 Å². The van der Waals surface area contributed by atoms with Crippen LogP contribution in [-0.2, 0) is 0 Å². The predicted molar refractivity (Wildman–Crippen MR) is 99.7 cm³/mol. The number of para-hydroxylation sites is 2. The Hall–Kier alpha value is -3.41. The van der Waals surface area contributed by atoms with E-state index in [1.54, 1.807) is 30.6 Å². The van der Waals surface area contributed by atoms with Crippen molar-refractivity contribution in [2.24, 2.45) is 0 Å². The van der Waals surface area contributed by atoms with E-state index < -0.39 is 0 Å². The average molecular weight is 352 g/mol. The second kappa shape index (κ2) is 7.23. The summed E-state index contributed by atoms with van der Waals surface area (Å²) in [6.45, 7) is 0. The maximum atomic E-state index is 12.9. The van der Waals surface area contributed by atoms with E-state index in [-0.39, 0.29) is 5.78 Å². The van der Waals surface area contributed by atoms with Crippen LogP contribution in [-0.4, -0.2) is 31.7 Å². The molecule has 0 saturated heterocycles. The summed E-state index contributed by atoms with van der Waals surface area (Å²) in [5.41, 5.74) is 8.43. The molecule has 1 heterocycles. The van der Waals surface area contributed by atoms with Crippen LogP contribution in [0.25, 0.3) is 5.69 Å². The Balaban J connectivity index is 1.99. The Morgan fingerprint density at radius 1 is 0.923 bits per heavy atom. The van der Waals surface area contributed by atoms with Gasteiger partial charge in [-0.2, -0.15) is 0 Å². The highest BCUT2D eigenvalue weighted by molar-refractivity contribution is 6.09. The number of nitrogens with two attached hydrogens (primary N) is 1. The molecule has 0 bridgehead atoms. The molecule has 0 unspecified atom stereocenters. The Morgan fingerprint density at radius 2 is 1.58 bits per heavy atom. The molecule has 3 rings (SSSR count). The molecule has 0 aliphatic rings. The molecule has 6 nitrogen and oxygen atoms in total. The molecule has 0 spiro atoms. The van der Waals surface area contributed by atoms with Gasteiger partial charge in [0.2, 0.25) is 5.75 Å². The summed E-state index contributed by atoms with van der Waals surface area (Å²) < 4.78 is 17.7. The lowest BCUT2D eigenvalue weighted by atomic mass is 10.0. The normalized spacial score (nSPS) is 10.4. The van der Waals surface area contributed by atoms with Crippen molar-refractivity contribution in [1.82, 2.24) is 4.57 Å². The number of anilines is 1. The molecule has 0 atom stereocenters. The first-order chi connectivity index (χ1) is 12.6. The third-order valence-corrected chi connectivity index (χ3v) is 4.10. The van der Waals surface area contributed by atoms with Gasteiger partial charge >= 0.3 is 0 Å². The average Bonchev–Trinajstić information content (AvgIpc) is 3.16. The number of hydrogen-bond donors (Lipinski definition) is 1. The number of nitrogens with zero attached hydrogens (tertiary/aromatic N) is 1. The number of hydrogen-bond acceptors (Lipinski definition) is 5. The van der Waals surface area contributed by atoms with E-state index in [4.69, 9.17) is 19.9 Å². The lowest BCUT2D eigenvalue weighted by Crippen LogP contribution is -2.04. The molecule has 6 heteroatoms. The van der Waals surface area contributed by atoms with Crippen molar-refractivity contribution >= 4 is 11.5 Å². The van der Waals surface area contributed by atoms with E-state index in [0.717, 1.165) is 5.69 Å². The minimum absolute atomic E-state index is 0.155. The molecule has 3 aromatic rings. The first-order valence-corrected chi connectivity index (χ1v) is 7.96. The molecule has 0 radical (unpaired) electrons. The van der Waals surface area contributed by atoms with Gasteiger partial charge in [0.25, 0.3) is 0 Å². The van der Waals surface area contributed by atoms with E-state index in [1.807, 2.05) is 28.8 Å². The lowest BCUT2D eigenvalue weighted by Gasteiger charge is -2.13. The van der Waals surface area contributed by atoms with Crippen molar-refractivity contribution in [1.29, 1.82) is 0 Å². The zero-order valence-electron chi connectivity index (χ0n) is 14.9. The maximum Gasteiger partial charge on any atom is 0.203 e. The fraction of sp³-hybridized carbons (Fsp3) is 0.150. The molecule has 26 heavy (non-hydrogen) atoms. The van der Waals surface area contributed by atoms with Crippen molar-refractivity contribution in [3.63, 3.8) is 0 Å². The zero-order valence-corrected chi connectivity index (χ0v) is 14.9. The van der Waals surface area contributed by atoms with Crippen LogP contribution in [0.1, 0.15) is 15.9 Å². The Morgan fingerprint density at radius 3 is 2.15 bits per heavy atom. The molecule has 134 valence electrons. The number of methoxy groups -OCH3 is 3. The second-order valence-electron chi connectivity index (χ2n) is 5.61. The van der Waals surface area contributed by atoms with Gasteiger partial charge in [-0.25, -0.2) is 0 Å². The second-order valence-corrected chi connectivity index (χ2v) is 5.61. The number of nitrogen functional groups attached to an aromatic ring is 1. The summed E-state index contributed by atoms with van der Waals surface area (Å²) >= 11 is 0. The van der Waals surface area contributed by atoms with Crippen molar-refractivity contribution in [2.45, 2.75) is 0 Å². The van der Waals surface area contributed by atoms with Gasteiger partial charge in [0.05, 0.1) is 32.7 Å².